The normalized spacial score (nSPS) is 11.1. The second kappa shape index (κ2) is 10.5. The highest BCUT2D eigenvalue weighted by molar-refractivity contribution is 5.96. The minimum absolute atomic E-state index is 0.0625. The number of rotatable bonds is 8. The monoisotopic (exact) mass is 441 g/mol. The molecule has 0 saturated heterocycles. The third-order valence-corrected chi connectivity index (χ3v) is 3.98. The van der Waals surface area contributed by atoms with Crippen LogP contribution < -0.4 is 25.1 Å². The van der Waals surface area contributed by atoms with E-state index in [1.807, 2.05) is 0 Å². The van der Waals surface area contributed by atoms with Crippen LogP contribution in [0.15, 0.2) is 42.5 Å². The Hall–Kier alpha value is -3.47. The molecular weight excluding hydrogens is 419 g/mol. The van der Waals surface area contributed by atoms with Crippen molar-refractivity contribution in [3.8, 4) is 17.2 Å². The maximum absolute atomic E-state index is 12.2. The van der Waals surface area contributed by atoms with Crippen molar-refractivity contribution in [3.63, 3.8) is 0 Å². The van der Waals surface area contributed by atoms with Crippen LogP contribution in [0.2, 0.25) is 0 Å². The maximum atomic E-state index is 12.2. The van der Waals surface area contributed by atoms with Gasteiger partial charge in [0.05, 0.1) is 20.8 Å². The van der Waals surface area contributed by atoms with Crippen LogP contribution in [0.1, 0.15) is 15.9 Å². The van der Waals surface area contributed by atoms with Crippen LogP contribution in [0.5, 0.6) is 17.2 Å². The van der Waals surface area contributed by atoms with E-state index in [0.717, 1.165) is 0 Å². The third kappa shape index (κ3) is 7.70. The van der Waals surface area contributed by atoms with Crippen LogP contribution in [-0.4, -0.2) is 50.9 Å². The molecule has 168 valence electrons. The molecule has 0 aromatic heterocycles. The lowest BCUT2D eigenvalue weighted by molar-refractivity contribution is -0.274. The second-order valence-corrected chi connectivity index (χ2v) is 6.44. The van der Waals surface area contributed by atoms with Gasteiger partial charge in [0.15, 0.2) is 11.5 Å². The van der Waals surface area contributed by atoms with Crippen LogP contribution in [0.3, 0.4) is 0 Å². The van der Waals surface area contributed by atoms with Crippen LogP contribution in [0, 0.1) is 0 Å². The molecule has 2 amide bonds. The number of hydrazine groups is 1. The number of benzene rings is 2. The number of carbonyl (C=O) groups excluding carboxylic acids is 2. The van der Waals surface area contributed by atoms with Gasteiger partial charge in [0.2, 0.25) is 0 Å². The summed E-state index contributed by atoms with van der Waals surface area (Å²) in [5, 5.41) is 0. The van der Waals surface area contributed by atoms with Crippen molar-refractivity contribution in [1.82, 2.24) is 15.8 Å². The van der Waals surface area contributed by atoms with Gasteiger partial charge in [-0.2, -0.15) is 0 Å². The number of halogens is 3. The SMILES string of the molecule is COc1ccc(C(=O)NNC(=O)CN(C)Cc2ccc(OC(F)(F)F)cc2)cc1OC. The van der Waals surface area contributed by atoms with E-state index in [4.69, 9.17) is 9.47 Å². The Labute approximate surface area is 176 Å². The fourth-order valence-electron chi connectivity index (χ4n) is 2.62. The van der Waals surface area contributed by atoms with Gasteiger partial charge in [-0.05, 0) is 42.9 Å². The fraction of sp³-hybridized carbons (Fsp3) is 0.300. The number of alkyl halides is 3. The van der Waals surface area contributed by atoms with Crippen LogP contribution in [0.25, 0.3) is 0 Å². The number of nitrogens with one attached hydrogen (secondary N) is 2. The molecule has 0 fully saturated rings. The van der Waals surface area contributed by atoms with E-state index in [-0.39, 0.29) is 17.9 Å². The van der Waals surface area contributed by atoms with E-state index in [0.29, 0.717) is 23.6 Å². The smallest absolute Gasteiger partial charge is 0.493 e. The summed E-state index contributed by atoms with van der Waals surface area (Å²) in [5.41, 5.74) is 5.54. The Morgan fingerprint density at radius 1 is 0.968 bits per heavy atom. The Balaban J connectivity index is 1.82. The second-order valence-electron chi connectivity index (χ2n) is 6.44. The van der Waals surface area contributed by atoms with Crippen molar-refractivity contribution >= 4 is 11.8 Å². The summed E-state index contributed by atoms with van der Waals surface area (Å²) in [5.74, 6) is -0.518. The van der Waals surface area contributed by atoms with Crippen molar-refractivity contribution < 1.29 is 37.0 Å². The van der Waals surface area contributed by atoms with E-state index in [9.17, 15) is 22.8 Å². The first-order chi connectivity index (χ1) is 14.6. The van der Waals surface area contributed by atoms with Crippen molar-refractivity contribution in [2.45, 2.75) is 12.9 Å². The van der Waals surface area contributed by atoms with Crippen molar-refractivity contribution in [2.24, 2.45) is 0 Å². The zero-order chi connectivity index (χ0) is 23.0. The number of hydrogen-bond donors (Lipinski definition) is 2. The highest BCUT2D eigenvalue weighted by atomic mass is 19.4. The highest BCUT2D eigenvalue weighted by Gasteiger charge is 2.30. The molecule has 0 radical (unpaired) electrons. The van der Waals surface area contributed by atoms with Crippen LogP contribution >= 0.6 is 0 Å². The van der Waals surface area contributed by atoms with Gasteiger partial charge in [-0.3, -0.25) is 25.3 Å². The molecule has 2 aromatic rings. The molecule has 31 heavy (non-hydrogen) atoms. The van der Waals surface area contributed by atoms with Crippen molar-refractivity contribution in [3.05, 3.63) is 53.6 Å². The third-order valence-electron chi connectivity index (χ3n) is 3.98. The Kier molecular flexibility index (Phi) is 8.08. The number of ether oxygens (including phenoxy) is 3. The zero-order valence-corrected chi connectivity index (χ0v) is 17.1. The standard InChI is InChI=1S/C20H22F3N3O5/c1-26(11-13-4-7-15(8-5-13)31-20(21,22)23)12-18(27)24-25-19(28)14-6-9-16(29-2)17(10-14)30-3/h4-10H,11-12H2,1-3H3,(H,24,27)(H,25,28). The summed E-state index contributed by atoms with van der Waals surface area (Å²) >= 11 is 0. The molecule has 0 bridgehead atoms. The van der Waals surface area contributed by atoms with Gasteiger partial charge in [-0.1, -0.05) is 12.1 Å². The van der Waals surface area contributed by atoms with Gasteiger partial charge in [-0.15, -0.1) is 13.2 Å². The van der Waals surface area contributed by atoms with Gasteiger partial charge in [-0.25, -0.2) is 0 Å². The lowest BCUT2D eigenvalue weighted by Crippen LogP contribution is -2.45. The lowest BCUT2D eigenvalue weighted by Gasteiger charge is -2.17. The zero-order valence-electron chi connectivity index (χ0n) is 17.1. The van der Waals surface area contributed by atoms with Gasteiger partial charge in [0.25, 0.3) is 11.8 Å². The summed E-state index contributed by atoms with van der Waals surface area (Å²) < 4.78 is 50.6. The Morgan fingerprint density at radius 2 is 1.61 bits per heavy atom. The van der Waals surface area contributed by atoms with Crippen LogP contribution in [-0.2, 0) is 11.3 Å². The van der Waals surface area contributed by atoms with E-state index >= 15 is 0 Å². The molecule has 0 heterocycles. The largest absolute Gasteiger partial charge is 0.573 e. The highest BCUT2D eigenvalue weighted by Crippen LogP contribution is 2.27. The van der Waals surface area contributed by atoms with Crippen molar-refractivity contribution in [2.75, 3.05) is 27.8 Å². The van der Waals surface area contributed by atoms with Gasteiger partial charge >= 0.3 is 6.36 Å². The van der Waals surface area contributed by atoms with E-state index in [1.165, 1.54) is 50.6 Å². The summed E-state index contributed by atoms with van der Waals surface area (Å²) in [6.45, 7) is 0.232. The quantitative estimate of drug-likeness (QED) is 0.612. The predicted molar refractivity (Wildman–Crippen MR) is 105 cm³/mol. The minimum atomic E-state index is -4.75. The summed E-state index contributed by atoms with van der Waals surface area (Å²) in [6.07, 6.45) is -4.75. The minimum Gasteiger partial charge on any atom is -0.493 e. The average Bonchev–Trinajstić information content (AvgIpc) is 2.71. The Morgan fingerprint density at radius 3 is 2.19 bits per heavy atom. The Bertz CT molecular complexity index is 904. The van der Waals surface area contributed by atoms with Gasteiger partial charge in [0, 0.05) is 12.1 Å². The molecule has 2 aromatic carbocycles. The topological polar surface area (TPSA) is 89.1 Å². The molecule has 0 aliphatic heterocycles. The first-order valence-electron chi connectivity index (χ1n) is 8.95. The number of hydrogen-bond acceptors (Lipinski definition) is 6. The molecule has 0 saturated carbocycles. The molecule has 0 unspecified atom stereocenters. The average molecular weight is 441 g/mol. The predicted octanol–water partition coefficient (Wildman–Crippen LogP) is 2.50. The molecule has 0 aliphatic carbocycles. The lowest BCUT2D eigenvalue weighted by atomic mass is 10.2. The number of likely N-dealkylation sites (N-methyl/N-ethyl adjacent to an activating group) is 1. The van der Waals surface area contributed by atoms with Gasteiger partial charge < -0.3 is 14.2 Å². The van der Waals surface area contributed by atoms with E-state index in [2.05, 4.69) is 15.6 Å². The molecular formula is C20H22F3N3O5. The molecule has 11 heteroatoms. The molecule has 8 nitrogen and oxygen atoms in total. The maximum Gasteiger partial charge on any atom is 0.573 e. The molecule has 2 N–H and O–H groups in total. The first kappa shape index (κ1) is 23.8. The van der Waals surface area contributed by atoms with Crippen LogP contribution in [0.4, 0.5) is 13.2 Å². The summed E-state index contributed by atoms with van der Waals surface area (Å²) in [4.78, 5) is 25.9. The molecule has 0 spiro atoms. The molecule has 2 rings (SSSR count). The number of carbonyl (C=O) groups is 2. The van der Waals surface area contributed by atoms with Crippen molar-refractivity contribution in [1.29, 1.82) is 0 Å². The molecule has 0 atom stereocenters. The first-order valence-corrected chi connectivity index (χ1v) is 8.95. The number of methoxy groups -OCH3 is 2. The number of amides is 2. The van der Waals surface area contributed by atoms with E-state index in [1.54, 1.807) is 18.0 Å². The summed E-state index contributed by atoms with van der Waals surface area (Å²) in [7, 11) is 4.56. The number of nitrogens with zero attached hydrogens (tertiary/aromatic N) is 1. The van der Waals surface area contributed by atoms with E-state index < -0.39 is 18.2 Å². The summed E-state index contributed by atoms with van der Waals surface area (Å²) in [6, 6.07) is 9.87. The van der Waals surface area contributed by atoms with Gasteiger partial charge in [0.1, 0.15) is 5.75 Å². The molecule has 0 aliphatic rings. The fourth-order valence-corrected chi connectivity index (χ4v) is 2.62.